The predicted octanol–water partition coefficient (Wildman–Crippen LogP) is 9.58. The van der Waals surface area contributed by atoms with Crippen LogP contribution in [0.3, 0.4) is 0 Å². The first-order valence-corrected chi connectivity index (χ1v) is 24.0. The van der Waals surface area contributed by atoms with Gasteiger partial charge in [-0.15, -0.1) is 0 Å². The summed E-state index contributed by atoms with van der Waals surface area (Å²) in [6, 6.07) is 18.3. The lowest BCUT2D eigenvalue weighted by Gasteiger charge is -2.45. The number of piperazine rings is 1. The van der Waals surface area contributed by atoms with Gasteiger partial charge in [0.25, 0.3) is 21.6 Å². The fraction of sp³-hybridized carbons (Fsp3) is 0.417. The molecule has 3 N–H and O–H groups in total. The highest BCUT2D eigenvalue weighted by Crippen LogP contribution is 2.67. The molecule has 4 aliphatic rings. The van der Waals surface area contributed by atoms with E-state index in [2.05, 4.69) is 58.0 Å². The number of aromatic nitrogens is 2. The van der Waals surface area contributed by atoms with Crippen LogP contribution in [0, 0.1) is 32.7 Å². The minimum Gasteiger partial charge on any atom is -0.455 e. The van der Waals surface area contributed by atoms with E-state index in [1.807, 2.05) is 22.9 Å². The molecule has 5 aromatic rings. The maximum Gasteiger partial charge on any atom is 0.296 e. The standard InChI is InChI=1S/C48H53ClFN7O7S/c1-30-28-56(17-16-55(30)29-34-24-48(13-14-48)47(2,3)25-40(34)32-4-6-35(49)7-5-32)36-8-9-39(43(21-36)64-37-20-33-10-15-51-45(33)53-27-37)46(58)54-65(61,62)38-22-41(50)44(42(23-38)57(59)60)52-26-31-11-18-63-19-12-31/h4-10,15,20-23,27,30-31,52H,11-14,16-19,24-26,28-29H2,1-3H3,(H,51,53)(H,54,58)/t30-/m1/s1. The van der Waals surface area contributed by atoms with Crippen molar-refractivity contribution >= 4 is 61.2 Å². The lowest BCUT2D eigenvalue weighted by molar-refractivity contribution is -0.384. The van der Waals surface area contributed by atoms with Gasteiger partial charge < -0.3 is 24.7 Å². The second kappa shape index (κ2) is 17.7. The first-order chi connectivity index (χ1) is 31.1. The number of sulfonamides is 1. The SMILES string of the molecule is C[C@@H]1CN(c2ccc(C(=O)NS(=O)(=O)c3cc(F)c(NCC4CCOCC4)c([N+](=O)[O-])c3)c(Oc3cnc4[nH]ccc4c3)c2)CCN1CC1=C(c2ccc(Cl)cc2)CC(C)(C)C2(CC2)C1. The third kappa shape index (κ3) is 9.31. The highest BCUT2D eigenvalue weighted by Gasteiger charge is 2.56. The minimum atomic E-state index is -4.83. The topological polar surface area (TPSA) is 172 Å². The van der Waals surface area contributed by atoms with Crippen molar-refractivity contribution in [2.24, 2.45) is 16.7 Å². The van der Waals surface area contributed by atoms with Gasteiger partial charge in [-0.1, -0.05) is 43.2 Å². The first kappa shape index (κ1) is 44.6. The van der Waals surface area contributed by atoms with Crippen molar-refractivity contribution in [3.63, 3.8) is 0 Å². The van der Waals surface area contributed by atoms with Gasteiger partial charge in [-0.25, -0.2) is 22.5 Å². The fourth-order valence-electron chi connectivity index (χ4n) is 9.89. The number of aromatic amines is 1. The van der Waals surface area contributed by atoms with Crippen LogP contribution in [0.1, 0.15) is 75.2 Å². The number of hydrogen-bond donors (Lipinski definition) is 3. The first-order valence-electron chi connectivity index (χ1n) is 22.2. The number of carbonyl (C=O) groups excluding carboxylic acids is 1. The molecule has 1 amide bonds. The number of nitrogens with one attached hydrogen (secondary N) is 3. The van der Waals surface area contributed by atoms with E-state index in [-0.39, 0.29) is 35.2 Å². The summed E-state index contributed by atoms with van der Waals surface area (Å²) in [5, 5.41) is 16.4. The van der Waals surface area contributed by atoms with E-state index in [1.165, 1.54) is 41.8 Å². The van der Waals surface area contributed by atoms with Gasteiger partial charge in [0.2, 0.25) is 0 Å². The number of allylic oxidation sites excluding steroid dienone is 1. The zero-order chi connectivity index (χ0) is 45.7. The molecule has 342 valence electrons. The number of fused-ring (bicyclic) bond motifs is 1. The van der Waals surface area contributed by atoms with Crippen molar-refractivity contribution in [3.05, 3.63) is 117 Å². The summed E-state index contributed by atoms with van der Waals surface area (Å²) in [7, 11) is -4.83. The number of carbonyl (C=O) groups is 1. The van der Waals surface area contributed by atoms with Crippen molar-refractivity contribution in [2.45, 2.75) is 70.2 Å². The normalized spacial score (nSPS) is 20.0. The molecule has 17 heteroatoms. The Bertz CT molecular complexity index is 2790. The lowest BCUT2D eigenvalue weighted by atomic mass is 9.63. The van der Waals surface area contributed by atoms with E-state index in [4.69, 9.17) is 21.1 Å². The molecule has 0 bridgehead atoms. The van der Waals surface area contributed by atoms with Crippen LogP contribution in [0.2, 0.25) is 5.02 Å². The molecule has 2 saturated heterocycles. The summed E-state index contributed by atoms with van der Waals surface area (Å²) >= 11 is 6.31. The number of nitrogens with zero attached hydrogens (tertiary/aromatic N) is 4. The molecule has 2 aliphatic carbocycles. The third-order valence-corrected chi connectivity index (χ3v) is 15.7. The molecule has 1 atom stereocenters. The monoisotopic (exact) mass is 925 g/mol. The Labute approximate surface area is 382 Å². The zero-order valence-corrected chi connectivity index (χ0v) is 38.2. The van der Waals surface area contributed by atoms with Crippen molar-refractivity contribution < 1.29 is 32.0 Å². The highest BCUT2D eigenvalue weighted by molar-refractivity contribution is 7.90. The van der Waals surface area contributed by atoms with E-state index < -0.39 is 42.9 Å². The average molecular weight is 927 g/mol. The zero-order valence-electron chi connectivity index (χ0n) is 36.7. The Morgan fingerprint density at radius 3 is 2.55 bits per heavy atom. The van der Waals surface area contributed by atoms with Gasteiger partial charge in [0.1, 0.15) is 22.8 Å². The summed E-state index contributed by atoms with van der Waals surface area (Å²) in [5.41, 5.74) is 4.77. The molecule has 2 aliphatic heterocycles. The van der Waals surface area contributed by atoms with Crippen molar-refractivity contribution in [3.8, 4) is 11.5 Å². The van der Waals surface area contributed by atoms with Gasteiger partial charge in [-0.3, -0.25) is 19.8 Å². The van der Waals surface area contributed by atoms with Crippen LogP contribution in [0.4, 0.5) is 21.5 Å². The van der Waals surface area contributed by atoms with E-state index in [9.17, 15) is 23.3 Å². The molecule has 3 aromatic carbocycles. The Balaban J connectivity index is 0.959. The predicted molar refractivity (Wildman–Crippen MR) is 249 cm³/mol. The molecule has 4 heterocycles. The number of hydrogen-bond acceptors (Lipinski definition) is 11. The quantitative estimate of drug-likeness (QED) is 0.0759. The van der Waals surface area contributed by atoms with Crippen LogP contribution in [0.5, 0.6) is 11.5 Å². The highest BCUT2D eigenvalue weighted by atomic mass is 35.5. The van der Waals surface area contributed by atoms with Crippen molar-refractivity contribution in [1.29, 1.82) is 0 Å². The molecule has 1 saturated carbocycles. The molecule has 65 heavy (non-hydrogen) atoms. The smallest absolute Gasteiger partial charge is 0.296 e. The molecule has 0 unspecified atom stereocenters. The summed E-state index contributed by atoms with van der Waals surface area (Å²) in [5.74, 6) is -1.74. The number of benzene rings is 3. The number of nitro benzene ring substituents is 1. The molecule has 14 nitrogen and oxygen atoms in total. The van der Waals surface area contributed by atoms with Crippen LogP contribution in [-0.4, -0.2) is 86.1 Å². The van der Waals surface area contributed by atoms with Crippen LogP contribution >= 0.6 is 11.6 Å². The molecule has 1 spiro atoms. The van der Waals surface area contributed by atoms with E-state index >= 15 is 4.39 Å². The number of pyridine rings is 1. The van der Waals surface area contributed by atoms with Gasteiger partial charge in [0.15, 0.2) is 5.82 Å². The Morgan fingerprint density at radius 1 is 1.06 bits per heavy atom. The Hall–Kier alpha value is -5.55. The summed E-state index contributed by atoms with van der Waals surface area (Å²) in [4.78, 5) is 36.7. The van der Waals surface area contributed by atoms with Gasteiger partial charge >= 0.3 is 0 Å². The number of nitro groups is 1. The van der Waals surface area contributed by atoms with Gasteiger partial charge in [0.05, 0.1) is 21.6 Å². The molecule has 2 aromatic heterocycles. The second-order valence-electron chi connectivity index (χ2n) is 18.7. The lowest BCUT2D eigenvalue weighted by Crippen LogP contribution is -2.52. The summed E-state index contributed by atoms with van der Waals surface area (Å²) < 4.78 is 56.7. The maximum atomic E-state index is 15.6. The van der Waals surface area contributed by atoms with E-state index in [0.29, 0.717) is 62.0 Å². The number of rotatable bonds is 13. The fourth-order valence-corrected chi connectivity index (χ4v) is 11.0. The summed E-state index contributed by atoms with van der Waals surface area (Å²) in [6.45, 7) is 11.4. The summed E-state index contributed by atoms with van der Waals surface area (Å²) in [6.07, 6.45) is 9.24. The Morgan fingerprint density at radius 2 is 1.83 bits per heavy atom. The molecule has 0 radical (unpaired) electrons. The number of amides is 1. The van der Waals surface area contributed by atoms with Crippen LogP contribution in [0.25, 0.3) is 16.6 Å². The van der Waals surface area contributed by atoms with Crippen molar-refractivity contribution in [2.75, 3.05) is 56.2 Å². The van der Waals surface area contributed by atoms with Crippen LogP contribution < -0.4 is 19.7 Å². The molecular weight excluding hydrogens is 873 g/mol. The molecular formula is C48H53ClFN7O7S. The van der Waals surface area contributed by atoms with Crippen LogP contribution in [-0.2, 0) is 14.8 Å². The maximum absolute atomic E-state index is 15.6. The third-order valence-electron chi connectivity index (χ3n) is 14.1. The van der Waals surface area contributed by atoms with Gasteiger partial charge in [0, 0.05) is 86.4 Å². The minimum absolute atomic E-state index is 0.0594. The largest absolute Gasteiger partial charge is 0.455 e. The number of H-pyrrole nitrogens is 1. The van der Waals surface area contributed by atoms with E-state index in [0.717, 1.165) is 48.1 Å². The van der Waals surface area contributed by atoms with Crippen LogP contribution in [0.15, 0.2) is 89.6 Å². The number of anilines is 2. The van der Waals surface area contributed by atoms with Crippen molar-refractivity contribution in [1.82, 2.24) is 19.6 Å². The number of halogens is 2. The van der Waals surface area contributed by atoms with E-state index in [1.54, 1.807) is 24.4 Å². The Kier molecular flexibility index (Phi) is 12.1. The number of ether oxygens (including phenoxy) is 2. The van der Waals surface area contributed by atoms with Gasteiger partial charge in [-0.2, -0.15) is 0 Å². The molecule has 9 rings (SSSR count). The average Bonchev–Trinajstić information content (AvgIpc) is 3.92. The molecule has 3 fully saturated rings. The second-order valence-corrected chi connectivity index (χ2v) is 20.8. The van der Waals surface area contributed by atoms with Gasteiger partial charge in [-0.05, 0) is 116 Å².